The van der Waals surface area contributed by atoms with Crippen molar-refractivity contribution >= 4 is 17.8 Å². The molecule has 2 aromatic heterocycles. The number of aromatic nitrogens is 6. The maximum absolute atomic E-state index is 9.04. The molecule has 0 atom stereocenters. The van der Waals surface area contributed by atoms with Crippen molar-refractivity contribution in [3.8, 4) is 22.5 Å². The van der Waals surface area contributed by atoms with E-state index in [1.807, 2.05) is 28.8 Å². The van der Waals surface area contributed by atoms with Crippen LogP contribution in [0.25, 0.3) is 22.5 Å². The number of oxime groups is 1. The summed E-state index contributed by atoms with van der Waals surface area (Å²) >= 11 is 6.29. The highest BCUT2D eigenvalue weighted by Crippen LogP contribution is 2.30. The summed E-state index contributed by atoms with van der Waals surface area (Å²) < 4.78 is 2.00. The van der Waals surface area contributed by atoms with Gasteiger partial charge in [0.25, 0.3) is 0 Å². The molecule has 2 aromatic carbocycles. The van der Waals surface area contributed by atoms with Crippen LogP contribution in [0.5, 0.6) is 0 Å². The summed E-state index contributed by atoms with van der Waals surface area (Å²) in [5.41, 5.74) is 4.67. The quantitative estimate of drug-likeness (QED) is 0.239. The van der Waals surface area contributed by atoms with Crippen LogP contribution in [0, 0.1) is 0 Å². The Hall–Kier alpha value is -3.52. The minimum atomic E-state index is 0.342. The van der Waals surface area contributed by atoms with Crippen molar-refractivity contribution in [2.45, 2.75) is 32.7 Å². The van der Waals surface area contributed by atoms with Gasteiger partial charge in [-0.05, 0) is 28.3 Å². The fraction of sp³-hybridized carbons (Fsp3) is 0.227. The highest BCUT2D eigenvalue weighted by Gasteiger charge is 2.15. The van der Waals surface area contributed by atoms with E-state index < -0.39 is 0 Å². The monoisotopic (exact) mass is 435 g/mol. The van der Waals surface area contributed by atoms with Crippen LogP contribution >= 0.6 is 11.6 Å². The molecule has 2 heterocycles. The van der Waals surface area contributed by atoms with E-state index in [0.717, 1.165) is 47.3 Å². The van der Waals surface area contributed by atoms with Crippen molar-refractivity contribution in [3.05, 3.63) is 70.8 Å². The number of imidazole rings is 1. The lowest BCUT2D eigenvalue weighted by Crippen LogP contribution is -2.09. The van der Waals surface area contributed by atoms with Crippen LogP contribution in [0.2, 0.25) is 5.15 Å². The van der Waals surface area contributed by atoms with Gasteiger partial charge in [-0.25, -0.2) is 4.98 Å². The number of nitrogens with one attached hydrogen (secondary N) is 1. The lowest BCUT2D eigenvalue weighted by atomic mass is 9.98. The molecule has 0 aliphatic rings. The van der Waals surface area contributed by atoms with Gasteiger partial charge in [-0.2, -0.15) is 5.21 Å². The molecule has 0 amide bonds. The van der Waals surface area contributed by atoms with Crippen LogP contribution in [0.1, 0.15) is 36.8 Å². The minimum Gasteiger partial charge on any atom is -0.411 e. The number of benzene rings is 2. The molecular weight excluding hydrogens is 414 g/mol. The molecule has 2 N–H and O–H groups in total. The van der Waals surface area contributed by atoms with Crippen LogP contribution in [-0.4, -0.2) is 41.6 Å². The molecule has 0 aliphatic heterocycles. The zero-order valence-corrected chi connectivity index (χ0v) is 17.8. The molecule has 0 spiro atoms. The molecule has 0 unspecified atom stereocenters. The van der Waals surface area contributed by atoms with Crippen LogP contribution < -0.4 is 0 Å². The summed E-state index contributed by atoms with van der Waals surface area (Å²) in [7, 11) is 0. The third kappa shape index (κ3) is 4.49. The molecule has 0 radical (unpaired) electrons. The molecule has 0 aliphatic carbocycles. The van der Waals surface area contributed by atoms with Crippen molar-refractivity contribution in [3.63, 3.8) is 0 Å². The van der Waals surface area contributed by atoms with Crippen LogP contribution in [-0.2, 0) is 13.0 Å². The maximum Gasteiger partial charge on any atom is 0.205 e. The standard InChI is InChI=1S/C22H22ClN7O/c1-2-3-8-20-25-21(23)19(13-24-31)30(20)14-15-9-11-16(12-10-15)17-6-4-5-7-18(17)22-26-28-29-27-22/h4-7,9-13,31H,2-3,8,14H2,1H3,(H,26,27,28,29)/b24-13+. The molecule has 4 rings (SSSR count). The van der Waals surface area contributed by atoms with Gasteiger partial charge < -0.3 is 9.77 Å². The van der Waals surface area contributed by atoms with E-state index in [9.17, 15) is 0 Å². The van der Waals surface area contributed by atoms with E-state index >= 15 is 0 Å². The van der Waals surface area contributed by atoms with E-state index in [0.29, 0.717) is 23.2 Å². The van der Waals surface area contributed by atoms with E-state index in [4.69, 9.17) is 16.8 Å². The zero-order valence-electron chi connectivity index (χ0n) is 17.0. The third-order valence-corrected chi connectivity index (χ3v) is 5.37. The molecule has 0 saturated heterocycles. The normalized spacial score (nSPS) is 11.4. The third-order valence-electron chi connectivity index (χ3n) is 5.09. The van der Waals surface area contributed by atoms with Gasteiger partial charge in [0.05, 0.1) is 6.21 Å². The topological polar surface area (TPSA) is 105 Å². The molecule has 0 bridgehead atoms. The lowest BCUT2D eigenvalue weighted by molar-refractivity contribution is 0.321. The highest BCUT2D eigenvalue weighted by molar-refractivity contribution is 6.31. The molecule has 9 heteroatoms. The van der Waals surface area contributed by atoms with Gasteiger partial charge in [0.1, 0.15) is 11.5 Å². The molecule has 31 heavy (non-hydrogen) atoms. The second kappa shape index (κ2) is 9.53. The number of aryl methyl sites for hydroxylation is 1. The average Bonchev–Trinajstić information content (AvgIpc) is 3.43. The summed E-state index contributed by atoms with van der Waals surface area (Å²) in [6.45, 7) is 2.71. The van der Waals surface area contributed by atoms with E-state index in [1.54, 1.807) is 0 Å². The number of unbranched alkanes of at least 4 members (excludes halogenated alkanes) is 1. The number of hydrogen-bond donors (Lipinski definition) is 2. The maximum atomic E-state index is 9.04. The van der Waals surface area contributed by atoms with Crippen LogP contribution in [0.15, 0.2) is 53.7 Å². The first-order valence-corrected chi connectivity index (χ1v) is 10.4. The predicted molar refractivity (Wildman–Crippen MR) is 119 cm³/mol. The smallest absolute Gasteiger partial charge is 0.205 e. The van der Waals surface area contributed by atoms with Crippen molar-refractivity contribution in [2.75, 3.05) is 0 Å². The second-order valence-electron chi connectivity index (χ2n) is 7.12. The molecule has 4 aromatic rings. The fourth-order valence-electron chi connectivity index (χ4n) is 3.54. The number of tetrazole rings is 1. The first-order chi connectivity index (χ1) is 15.2. The van der Waals surface area contributed by atoms with Gasteiger partial charge in [-0.1, -0.05) is 78.6 Å². The minimum absolute atomic E-state index is 0.342. The number of rotatable bonds is 8. The van der Waals surface area contributed by atoms with E-state index in [2.05, 4.69) is 62.0 Å². The Labute approximate surface area is 184 Å². The first-order valence-electron chi connectivity index (χ1n) is 10.1. The number of nitrogens with zero attached hydrogens (tertiary/aromatic N) is 6. The lowest BCUT2D eigenvalue weighted by Gasteiger charge is -2.12. The first kappa shape index (κ1) is 20.7. The predicted octanol–water partition coefficient (Wildman–Crippen LogP) is 4.58. The summed E-state index contributed by atoms with van der Waals surface area (Å²) in [5, 5.41) is 26.9. The Morgan fingerprint density at radius 3 is 2.58 bits per heavy atom. The molecule has 0 saturated carbocycles. The van der Waals surface area contributed by atoms with Crippen molar-refractivity contribution < 1.29 is 5.21 Å². The molecule has 0 fully saturated rings. The van der Waals surface area contributed by atoms with Crippen LogP contribution in [0.4, 0.5) is 0 Å². The second-order valence-corrected chi connectivity index (χ2v) is 7.47. The Balaban J connectivity index is 1.64. The fourth-order valence-corrected chi connectivity index (χ4v) is 3.79. The van der Waals surface area contributed by atoms with Gasteiger partial charge >= 0.3 is 0 Å². The number of H-pyrrole nitrogens is 1. The highest BCUT2D eigenvalue weighted by atomic mass is 35.5. The molecular formula is C22H22ClN7O. The molecule has 158 valence electrons. The summed E-state index contributed by atoms with van der Waals surface area (Å²) in [6.07, 6.45) is 4.21. The van der Waals surface area contributed by atoms with Crippen molar-refractivity contribution in [2.24, 2.45) is 5.16 Å². The average molecular weight is 436 g/mol. The Bertz CT molecular complexity index is 1170. The Morgan fingerprint density at radius 1 is 1.13 bits per heavy atom. The SMILES string of the molecule is CCCCc1nc(Cl)c(/C=N/O)n1Cc1ccc(-c2ccccc2-c2nn[nH]n2)cc1. The summed E-state index contributed by atoms with van der Waals surface area (Å²) in [6, 6.07) is 16.2. The van der Waals surface area contributed by atoms with Crippen LogP contribution in [0.3, 0.4) is 0 Å². The van der Waals surface area contributed by atoms with Gasteiger partial charge in [-0.15, -0.1) is 10.2 Å². The zero-order chi connectivity index (χ0) is 21.6. The summed E-state index contributed by atoms with van der Waals surface area (Å²) in [5.74, 6) is 1.44. The van der Waals surface area contributed by atoms with Gasteiger partial charge in [-0.3, -0.25) is 0 Å². The molecule has 8 nitrogen and oxygen atoms in total. The largest absolute Gasteiger partial charge is 0.411 e. The Kier molecular flexibility index (Phi) is 6.37. The van der Waals surface area contributed by atoms with E-state index in [1.165, 1.54) is 6.21 Å². The Morgan fingerprint density at radius 2 is 1.90 bits per heavy atom. The van der Waals surface area contributed by atoms with Crippen molar-refractivity contribution in [1.82, 2.24) is 30.2 Å². The number of halogens is 1. The number of aromatic amines is 1. The van der Waals surface area contributed by atoms with Crippen molar-refractivity contribution in [1.29, 1.82) is 0 Å². The van der Waals surface area contributed by atoms with Gasteiger partial charge in [0.2, 0.25) is 5.82 Å². The number of hydrogen-bond acceptors (Lipinski definition) is 6. The van der Waals surface area contributed by atoms with Gasteiger partial charge in [0.15, 0.2) is 5.15 Å². The summed E-state index contributed by atoms with van der Waals surface area (Å²) in [4.78, 5) is 4.47. The van der Waals surface area contributed by atoms with E-state index in [-0.39, 0.29) is 0 Å². The van der Waals surface area contributed by atoms with Gasteiger partial charge in [0, 0.05) is 18.5 Å².